The number of amides is 1. The van der Waals surface area contributed by atoms with Gasteiger partial charge < -0.3 is 10.3 Å². The van der Waals surface area contributed by atoms with E-state index < -0.39 is 0 Å². The van der Waals surface area contributed by atoms with E-state index in [0.29, 0.717) is 22.9 Å². The number of rotatable bonds is 6. The van der Waals surface area contributed by atoms with E-state index in [1.807, 2.05) is 0 Å². The van der Waals surface area contributed by atoms with Crippen molar-refractivity contribution in [3.05, 3.63) is 16.7 Å². The van der Waals surface area contributed by atoms with Crippen LogP contribution in [0.3, 0.4) is 0 Å². The molecule has 0 aromatic carbocycles. The molecule has 2 aromatic heterocycles. The fraction of sp³-hybridized carbons (Fsp3) is 0.455. The predicted molar refractivity (Wildman–Crippen MR) is 73.2 cm³/mol. The number of imidazole rings is 1. The molecule has 0 bridgehead atoms. The number of hydrogen-bond acceptors (Lipinski definition) is 5. The zero-order chi connectivity index (χ0) is 13.7. The molecule has 102 valence electrons. The van der Waals surface area contributed by atoms with E-state index in [2.05, 4.69) is 32.2 Å². The quantitative estimate of drug-likeness (QED) is 0.410. The molecule has 3 N–H and O–H groups in total. The van der Waals surface area contributed by atoms with Crippen LogP contribution in [0.5, 0.6) is 0 Å². The van der Waals surface area contributed by atoms with Crippen LogP contribution in [0.2, 0.25) is 0 Å². The van der Waals surface area contributed by atoms with E-state index in [1.165, 1.54) is 18.1 Å². The molecule has 7 nitrogen and oxygen atoms in total. The summed E-state index contributed by atoms with van der Waals surface area (Å²) in [6.45, 7) is 2.74. The number of fused-ring (bicyclic) bond motifs is 1. The Hall–Kier alpha value is -1.83. The lowest BCUT2D eigenvalue weighted by molar-refractivity contribution is -0.118. The fourth-order valence-corrected chi connectivity index (χ4v) is 2.17. The van der Waals surface area contributed by atoms with Crippen molar-refractivity contribution < 1.29 is 4.79 Å². The van der Waals surface area contributed by atoms with Gasteiger partial charge in [0.2, 0.25) is 5.91 Å². The Bertz CT molecular complexity index is 621. The molecule has 8 heteroatoms. The number of H-pyrrole nitrogens is 2. The molecule has 19 heavy (non-hydrogen) atoms. The van der Waals surface area contributed by atoms with Gasteiger partial charge in [-0.1, -0.05) is 25.1 Å². The molecule has 0 saturated carbocycles. The van der Waals surface area contributed by atoms with Gasteiger partial charge in [0.15, 0.2) is 16.3 Å². The Morgan fingerprint density at radius 1 is 1.53 bits per heavy atom. The van der Waals surface area contributed by atoms with Crippen molar-refractivity contribution in [2.75, 3.05) is 12.3 Å². The summed E-state index contributed by atoms with van der Waals surface area (Å²) in [5.74, 6) is 0.158. The van der Waals surface area contributed by atoms with Crippen molar-refractivity contribution in [2.45, 2.75) is 24.9 Å². The van der Waals surface area contributed by atoms with Crippen molar-refractivity contribution in [3.63, 3.8) is 0 Å². The highest BCUT2D eigenvalue weighted by atomic mass is 32.2. The summed E-state index contributed by atoms with van der Waals surface area (Å²) >= 11 is 1.19. The number of thioether (sulfide) groups is 1. The predicted octanol–water partition coefficient (Wildman–Crippen LogP) is 0.655. The largest absolute Gasteiger partial charge is 0.355 e. The summed E-state index contributed by atoms with van der Waals surface area (Å²) in [5.41, 5.74) is 0.422. The third kappa shape index (κ3) is 3.57. The zero-order valence-electron chi connectivity index (χ0n) is 10.5. The Labute approximate surface area is 113 Å². The maximum absolute atomic E-state index is 11.6. The van der Waals surface area contributed by atoms with Crippen molar-refractivity contribution in [1.29, 1.82) is 0 Å². The van der Waals surface area contributed by atoms with Gasteiger partial charge in [-0.15, -0.1) is 0 Å². The lowest BCUT2D eigenvalue weighted by Crippen LogP contribution is -2.26. The lowest BCUT2D eigenvalue weighted by Gasteiger charge is -2.03. The highest BCUT2D eigenvalue weighted by Gasteiger charge is 2.08. The number of hydrogen-bond donors (Lipinski definition) is 3. The minimum absolute atomic E-state index is 0.0665. The first-order chi connectivity index (χ1) is 9.20. The number of carbonyl (C=O) groups excluding carboxylic acids is 1. The molecule has 2 rings (SSSR count). The molecule has 0 aliphatic carbocycles. The maximum Gasteiger partial charge on any atom is 0.277 e. The summed E-state index contributed by atoms with van der Waals surface area (Å²) in [6, 6.07) is 0. The van der Waals surface area contributed by atoms with Gasteiger partial charge in [0, 0.05) is 6.54 Å². The molecular weight excluding hydrogens is 266 g/mol. The zero-order valence-corrected chi connectivity index (χ0v) is 11.3. The van der Waals surface area contributed by atoms with E-state index in [-0.39, 0.29) is 17.2 Å². The van der Waals surface area contributed by atoms with Gasteiger partial charge in [-0.05, 0) is 6.42 Å². The third-order valence-corrected chi connectivity index (χ3v) is 3.34. The van der Waals surface area contributed by atoms with E-state index >= 15 is 0 Å². The van der Waals surface area contributed by atoms with Gasteiger partial charge >= 0.3 is 0 Å². The molecule has 0 aliphatic heterocycles. The first-order valence-corrected chi connectivity index (χ1v) is 7.02. The normalized spacial score (nSPS) is 10.8. The molecule has 0 spiro atoms. The van der Waals surface area contributed by atoms with Gasteiger partial charge in [0.1, 0.15) is 0 Å². The Morgan fingerprint density at radius 3 is 3.16 bits per heavy atom. The second-order valence-electron chi connectivity index (χ2n) is 3.96. The minimum atomic E-state index is -0.281. The van der Waals surface area contributed by atoms with Crippen LogP contribution in [0.1, 0.15) is 19.8 Å². The van der Waals surface area contributed by atoms with Crippen molar-refractivity contribution in [3.8, 4) is 0 Å². The highest BCUT2D eigenvalue weighted by molar-refractivity contribution is 7.99. The highest BCUT2D eigenvalue weighted by Crippen LogP contribution is 2.12. The molecule has 0 fully saturated rings. The Kier molecular flexibility index (Phi) is 4.56. The summed E-state index contributed by atoms with van der Waals surface area (Å²) in [4.78, 5) is 36.5. The maximum atomic E-state index is 11.6. The summed E-state index contributed by atoms with van der Waals surface area (Å²) in [6.07, 6.45) is 3.42. The third-order valence-electron chi connectivity index (χ3n) is 2.47. The summed E-state index contributed by atoms with van der Waals surface area (Å²) in [7, 11) is 0. The molecule has 0 atom stereocenters. The monoisotopic (exact) mass is 281 g/mol. The number of aromatic amines is 2. The molecule has 2 aromatic rings. The molecule has 0 aliphatic rings. The standard InChI is InChI=1S/C11H15N5O2S/c1-2-3-4-12-7(17)5-19-11-15-9-8(10(18)16-11)13-6-14-9/h6H,2-5H2,1H3,(H,12,17)(H2,13,14,15,16,18). The second kappa shape index (κ2) is 6.37. The Morgan fingerprint density at radius 2 is 2.37 bits per heavy atom. The van der Waals surface area contributed by atoms with Gasteiger partial charge in [-0.3, -0.25) is 14.6 Å². The van der Waals surface area contributed by atoms with Crippen molar-refractivity contribution >= 4 is 28.8 Å². The second-order valence-corrected chi connectivity index (χ2v) is 4.93. The van der Waals surface area contributed by atoms with Crippen LogP contribution < -0.4 is 10.9 Å². The smallest absolute Gasteiger partial charge is 0.277 e. The van der Waals surface area contributed by atoms with Crippen LogP contribution in [0.4, 0.5) is 0 Å². The van der Waals surface area contributed by atoms with Crippen LogP contribution in [0, 0.1) is 0 Å². The van der Waals surface area contributed by atoms with Gasteiger partial charge in [-0.2, -0.15) is 0 Å². The number of unbranched alkanes of at least 4 members (excludes halogenated alkanes) is 1. The summed E-state index contributed by atoms with van der Waals surface area (Å²) in [5, 5.41) is 3.20. The van der Waals surface area contributed by atoms with E-state index in [4.69, 9.17) is 0 Å². The van der Waals surface area contributed by atoms with Crippen LogP contribution in [0.15, 0.2) is 16.3 Å². The van der Waals surface area contributed by atoms with Crippen LogP contribution >= 0.6 is 11.8 Å². The summed E-state index contributed by atoms with van der Waals surface area (Å²) < 4.78 is 0. The first kappa shape index (κ1) is 13.6. The minimum Gasteiger partial charge on any atom is -0.355 e. The SMILES string of the molecule is CCCCNC(=O)CSc1nc2nc[nH]c2c(=O)[nH]1. The van der Waals surface area contributed by atoms with E-state index in [0.717, 1.165) is 12.8 Å². The fourth-order valence-electron chi connectivity index (χ4n) is 1.48. The molecule has 0 saturated heterocycles. The van der Waals surface area contributed by atoms with Gasteiger partial charge in [0.25, 0.3) is 5.56 Å². The van der Waals surface area contributed by atoms with Crippen molar-refractivity contribution in [1.82, 2.24) is 25.3 Å². The molecule has 1 amide bonds. The van der Waals surface area contributed by atoms with E-state index in [1.54, 1.807) is 0 Å². The number of nitrogens with one attached hydrogen (secondary N) is 3. The van der Waals surface area contributed by atoms with E-state index in [9.17, 15) is 9.59 Å². The first-order valence-electron chi connectivity index (χ1n) is 6.03. The number of aromatic nitrogens is 4. The Balaban J connectivity index is 1.94. The molecule has 0 unspecified atom stereocenters. The molecule has 0 radical (unpaired) electrons. The average Bonchev–Trinajstić information content (AvgIpc) is 2.85. The molecular formula is C11H15N5O2S. The number of nitrogens with zero attached hydrogens (tertiary/aromatic N) is 2. The van der Waals surface area contributed by atoms with Crippen LogP contribution in [-0.2, 0) is 4.79 Å². The lowest BCUT2D eigenvalue weighted by atomic mass is 10.3. The molecule has 2 heterocycles. The van der Waals surface area contributed by atoms with Gasteiger partial charge in [-0.25, -0.2) is 9.97 Å². The average molecular weight is 281 g/mol. The number of carbonyl (C=O) groups is 1. The topological polar surface area (TPSA) is 104 Å². The van der Waals surface area contributed by atoms with Crippen LogP contribution in [0.25, 0.3) is 11.2 Å². The van der Waals surface area contributed by atoms with Gasteiger partial charge in [0.05, 0.1) is 12.1 Å². The van der Waals surface area contributed by atoms with Crippen LogP contribution in [-0.4, -0.2) is 38.1 Å². The van der Waals surface area contributed by atoms with Crippen molar-refractivity contribution in [2.24, 2.45) is 0 Å².